The third-order valence-electron chi connectivity index (χ3n) is 9.84. The first kappa shape index (κ1) is 31.4. The van der Waals surface area contributed by atoms with E-state index in [0.717, 1.165) is 0 Å². The molecule has 0 amide bonds. The number of carbonyl (C=O) groups excluding carboxylic acids is 4. The van der Waals surface area contributed by atoms with E-state index in [9.17, 15) is 24.3 Å². The van der Waals surface area contributed by atoms with Crippen LogP contribution in [0.15, 0.2) is 84.5 Å². The van der Waals surface area contributed by atoms with Crippen molar-refractivity contribution in [2.24, 2.45) is 29.1 Å². The van der Waals surface area contributed by atoms with E-state index in [4.69, 9.17) is 14.2 Å². The summed E-state index contributed by atoms with van der Waals surface area (Å²) in [5.74, 6) is -4.35. The molecular weight excluding hydrogens is 560 g/mol. The first-order valence-electron chi connectivity index (χ1n) is 15.1. The van der Waals surface area contributed by atoms with Gasteiger partial charge in [-0.05, 0) is 72.8 Å². The van der Waals surface area contributed by atoms with Gasteiger partial charge in [-0.15, -0.1) is 0 Å². The Bertz CT molecular complexity index is 1490. The maximum absolute atomic E-state index is 14.5. The van der Waals surface area contributed by atoms with E-state index < -0.39 is 59.4 Å². The summed E-state index contributed by atoms with van der Waals surface area (Å²) in [6.45, 7) is 13.2. The highest BCUT2D eigenvalue weighted by Crippen LogP contribution is 2.63. The van der Waals surface area contributed by atoms with Crippen molar-refractivity contribution in [3.8, 4) is 0 Å². The quantitative estimate of drug-likeness (QED) is 0.272. The van der Waals surface area contributed by atoms with Gasteiger partial charge < -0.3 is 19.3 Å². The Morgan fingerprint density at radius 3 is 2.00 bits per heavy atom. The third-order valence-corrected chi connectivity index (χ3v) is 9.84. The molecule has 2 fully saturated rings. The second-order valence-electron chi connectivity index (χ2n) is 13.1. The number of esters is 3. The van der Waals surface area contributed by atoms with Crippen LogP contribution in [0.4, 0.5) is 0 Å². The summed E-state index contributed by atoms with van der Waals surface area (Å²) in [6.07, 6.45) is -1.02. The fourth-order valence-corrected chi connectivity index (χ4v) is 7.08. The van der Waals surface area contributed by atoms with Crippen LogP contribution >= 0.6 is 0 Å². The minimum atomic E-state index is -1.89. The topological polar surface area (TPSA) is 116 Å². The standard InChI is InChI=1S/C36H40O8/c1-20-19-36(41)21(2)17-26-27(35(26,5)6)18-28(43-33(39)24-13-9-7-10-14-24)22(3)31(42-23(4)37)29(32(36)38)30(20)44-34(40)25-15-11-8-12-16-25/h7-17,20,26-31,41H,3,18-19H2,1-2,4-6H3/t20-,26+,27-,28+,29+,30-,31-,36-/m0/s1. The number of ketones is 1. The predicted octanol–water partition coefficient (Wildman–Crippen LogP) is 5.50. The lowest BCUT2D eigenvalue weighted by atomic mass is 9.64. The zero-order chi connectivity index (χ0) is 32.0. The van der Waals surface area contributed by atoms with Gasteiger partial charge in [-0.3, -0.25) is 9.59 Å². The first-order valence-corrected chi connectivity index (χ1v) is 15.1. The number of ether oxygens (including phenoxy) is 3. The summed E-state index contributed by atoms with van der Waals surface area (Å²) in [7, 11) is 0. The highest BCUT2D eigenvalue weighted by atomic mass is 16.6. The fourth-order valence-electron chi connectivity index (χ4n) is 7.08. The average molecular weight is 601 g/mol. The largest absolute Gasteiger partial charge is 0.458 e. The normalized spacial score (nSPS) is 32.7. The lowest BCUT2D eigenvalue weighted by Crippen LogP contribution is -2.60. The molecule has 0 saturated heterocycles. The van der Waals surface area contributed by atoms with E-state index in [-0.39, 0.29) is 29.2 Å². The predicted molar refractivity (Wildman–Crippen MR) is 162 cm³/mol. The number of fused-ring (bicyclic) bond motifs is 3. The molecule has 3 aliphatic carbocycles. The molecule has 2 bridgehead atoms. The molecule has 8 nitrogen and oxygen atoms in total. The second-order valence-corrected chi connectivity index (χ2v) is 13.1. The molecule has 1 N–H and O–H groups in total. The fraction of sp³-hybridized carbons (Fsp3) is 0.444. The Balaban J connectivity index is 1.61. The molecule has 2 aromatic rings. The SMILES string of the molecule is C=C1[C@H](OC(=O)c2ccccc2)C[C@H]2[C@@H](C=C(C)[C@@]3(O)C[C@H](C)[C@H](OC(=O)c4ccccc4)[C@@H](C3=O)[C@H]1OC(C)=O)C2(C)C. The van der Waals surface area contributed by atoms with E-state index in [2.05, 4.69) is 20.4 Å². The summed E-state index contributed by atoms with van der Waals surface area (Å²) in [5.41, 5.74) is -0.766. The molecule has 232 valence electrons. The second kappa shape index (κ2) is 11.8. The maximum atomic E-state index is 14.5. The number of rotatable bonds is 5. The molecule has 0 radical (unpaired) electrons. The average Bonchev–Trinajstić information content (AvgIpc) is 3.50. The van der Waals surface area contributed by atoms with E-state index in [1.807, 2.05) is 6.08 Å². The summed E-state index contributed by atoms with van der Waals surface area (Å²) in [4.78, 5) is 53.7. The number of hydrogen-bond acceptors (Lipinski definition) is 8. The van der Waals surface area contributed by atoms with Gasteiger partial charge in [0.2, 0.25) is 0 Å². The molecule has 8 heteroatoms. The van der Waals surface area contributed by atoms with Crippen molar-refractivity contribution in [2.45, 2.75) is 71.4 Å². The number of carbonyl (C=O) groups is 4. The van der Waals surface area contributed by atoms with Crippen LogP contribution in [0, 0.1) is 29.1 Å². The summed E-state index contributed by atoms with van der Waals surface area (Å²) >= 11 is 0. The summed E-state index contributed by atoms with van der Waals surface area (Å²) in [6, 6.07) is 16.9. The molecular formula is C36H40O8. The molecule has 0 unspecified atom stereocenters. The van der Waals surface area contributed by atoms with Crippen LogP contribution in [0.3, 0.4) is 0 Å². The highest BCUT2D eigenvalue weighted by molar-refractivity contribution is 5.96. The van der Waals surface area contributed by atoms with E-state index in [1.165, 1.54) is 6.92 Å². The molecule has 3 aliphatic rings. The molecule has 2 saturated carbocycles. The smallest absolute Gasteiger partial charge is 0.338 e. The molecule has 0 heterocycles. The van der Waals surface area contributed by atoms with Gasteiger partial charge in [0, 0.05) is 12.5 Å². The van der Waals surface area contributed by atoms with Crippen LogP contribution in [0.1, 0.15) is 68.2 Å². The maximum Gasteiger partial charge on any atom is 0.338 e. The van der Waals surface area contributed by atoms with Crippen LogP contribution in [0.5, 0.6) is 0 Å². The van der Waals surface area contributed by atoms with Gasteiger partial charge in [-0.1, -0.05) is 69.8 Å². The summed E-state index contributed by atoms with van der Waals surface area (Å²) in [5, 5.41) is 12.1. The van der Waals surface area contributed by atoms with E-state index >= 15 is 0 Å². The summed E-state index contributed by atoms with van der Waals surface area (Å²) < 4.78 is 17.9. The number of hydrogen-bond donors (Lipinski definition) is 1. The van der Waals surface area contributed by atoms with Crippen molar-refractivity contribution >= 4 is 23.7 Å². The van der Waals surface area contributed by atoms with Crippen molar-refractivity contribution < 1.29 is 38.5 Å². The zero-order valence-corrected chi connectivity index (χ0v) is 25.8. The lowest BCUT2D eigenvalue weighted by Gasteiger charge is -2.46. The molecule has 0 spiro atoms. The van der Waals surface area contributed by atoms with Crippen LogP contribution in [-0.4, -0.2) is 52.7 Å². The molecule has 0 aromatic heterocycles. The van der Waals surface area contributed by atoms with Gasteiger partial charge in [-0.2, -0.15) is 0 Å². The highest BCUT2D eigenvalue weighted by Gasteiger charge is 2.62. The van der Waals surface area contributed by atoms with Gasteiger partial charge in [0.25, 0.3) is 0 Å². The monoisotopic (exact) mass is 600 g/mol. The van der Waals surface area contributed by atoms with Gasteiger partial charge in [0.05, 0.1) is 17.0 Å². The number of Topliss-reactive ketones (excluding diaryl/α,β-unsaturated/α-hetero) is 1. The first-order chi connectivity index (χ1) is 20.8. The molecule has 44 heavy (non-hydrogen) atoms. The number of benzene rings is 2. The van der Waals surface area contributed by atoms with Gasteiger partial charge >= 0.3 is 17.9 Å². The Kier molecular flexibility index (Phi) is 8.42. The minimum Gasteiger partial charge on any atom is -0.458 e. The van der Waals surface area contributed by atoms with Crippen LogP contribution in [0.2, 0.25) is 0 Å². The lowest BCUT2D eigenvalue weighted by molar-refractivity contribution is -0.169. The van der Waals surface area contributed by atoms with E-state index in [0.29, 0.717) is 23.1 Å². The molecule has 0 aliphatic heterocycles. The van der Waals surface area contributed by atoms with Crippen molar-refractivity contribution in [3.63, 3.8) is 0 Å². The Labute approximate surface area is 258 Å². The molecule has 2 aromatic carbocycles. The van der Waals surface area contributed by atoms with Crippen LogP contribution in [-0.2, 0) is 23.8 Å². The Morgan fingerprint density at radius 1 is 0.909 bits per heavy atom. The molecule has 8 atom stereocenters. The number of allylic oxidation sites excluding steroid dienone is 1. The van der Waals surface area contributed by atoms with Gasteiger partial charge in [0.15, 0.2) is 5.78 Å². The van der Waals surface area contributed by atoms with Crippen molar-refractivity contribution in [1.82, 2.24) is 0 Å². The van der Waals surface area contributed by atoms with Gasteiger partial charge in [0.1, 0.15) is 23.9 Å². The number of aliphatic hydroxyl groups is 1. The minimum absolute atomic E-state index is 0.00212. The van der Waals surface area contributed by atoms with Crippen molar-refractivity contribution in [3.05, 3.63) is 95.6 Å². The third kappa shape index (κ3) is 5.75. The van der Waals surface area contributed by atoms with Crippen LogP contribution in [0.25, 0.3) is 0 Å². The Hall–Kier alpha value is -4.04. The van der Waals surface area contributed by atoms with Crippen molar-refractivity contribution in [1.29, 1.82) is 0 Å². The zero-order valence-electron chi connectivity index (χ0n) is 25.8. The van der Waals surface area contributed by atoms with E-state index in [1.54, 1.807) is 74.5 Å². The van der Waals surface area contributed by atoms with Crippen LogP contribution < -0.4 is 0 Å². The van der Waals surface area contributed by atoms with Crippen molar-refractivity contribution in [2.75, 3.05) is 0 Å². The van der Waals surface area contributed by atoms with Gasteiger partial charge in [-0.25, -0.2) is 9.59 Å². The Morgan fingerprint density at radius 2 is 1.45 bits per heavy atom. The molecule has 5 rings (SSSR count).